The van der Waals surface area contributed by atoms with Crippen LogP contribution in [0.15, 0.2) is 47.4 Å². The minimum absolute atomic E-state index is 0.117. The highest BCUT2D eigenvalue weighted by Gasteiger charge is 2.31. The van der Waals surface area contributed by atoms with E-state index >= 15 is 0 Å². The lowest BCUT2D eigenvalue weighted by Crippen LogP contribution is -2.50. The predicted molar refractivity (Wildman–Crippen MR) is 122 cm³/mol. The van der Waals surface area contributed by atoms with Crippen molar-refractivity contribution in [1.29, 1.82) is 0 Å². The maximum absolute atomic E-state index is 13.1. The Bertz CT molecular complexity index is 1250. The number of carbonyl (C=O) groups is 1. The van der Waals surface area contributed by atoms with E-state index in [0.717, 1.165) is 12.7 Å². The highest BCUT2D eigenvalue weighted by atomic mass is 32.2. The van der Waals surface area contributed by atoms with Crippen molar-refractivity contribution >= 4 is 31.6 Å². The van der Waals surface area contributed by atoms with Crippen molar-refractivity contribution in [2.24, 2.45) is 0 Å². The third kappa shape index (κ3) is 5.40. The zero-order chi connectivity index (χ0) is 23.6. The normalized spacial score (nSPS) is 17.3. The van der Waals surface area contributed by atoms with Gasteiger partial charge in [-0.15, -0.1) is 0 Å². The first kappa shape index (κ1) is 23.3. The zero-order valence-electron chi connectivity index (χ0n) is 18.1. The summed E-state index contributed by atoms with van der Waals surface area (Å²) >= 11 is 0. The number of benzene rings is 2. The molecule has 0 saturated carbocycles. The molecule has 1 amide bonds. The van der Waals surface area contributed by atoms with Crippen molar-refractivity contribution < 1.29 is 31.1 Å². The van der Waals surface area contributed by atoms with Gasteiger partial charge >= 0.3 is 0 Å². The van der Waals surface area contributed by atoms with Crippen LogP contribution >= 0.6 is 0 Å². The van der Waals surface area contributed by atoms with Crippen molar-refractivity contribution in [1.82, 2.24) is 9.21 Å². The molecular formula is C21H25N3O7S2. The molecule has 0 radical (unpaired) electrons. The van der Waals surface area contributed by atoms with E-state index in [1.54, 1.807) is 29.2 Å². The SMILES string of the molecule is CS(=O)(=O)Nc1cccc(C(=O)N2CCN(S(=O)(=O)c3ccc4c(c3)OCCCO4)CC2)c1. The Balaban J connectivity index is 1.44. The molecule has 1 saturated heterocycles. The van der Waals surface area contributed by atoms with Gasteiger partial charge in [0.15, 0.2) is 11.5 Å². The van der Waals surface area contributed by atoms with Crippen LogP contribution in [0.25, 0.3) is 0 Å². The first-order chi connectivity index (χ1) is 15.6. The van der Waals surface area contributed by atoms with Crippen LogP contribution in [0.3, 0.4) is 0 Å². The minimum Gasteiger partial charge on any atom is -0.490 e. The van der Waals surface area contributed by atoms with Crippen LogP contribution in [-0.4, -0.2) is 77.6 Å². The number of fused-ring (bicyclic) bond motifs is 1. The number of nitrogens with zero attached hydrogens (tertiary/aromatic N) is 2. The Kier molecular flexibility index (Phi) is 6.50. The molecule has 0 bridgehead atoms. The summed E-state index contributed by atoms with van der Waals surface area (Å²) < 4.78 is 64.0. The molecule has 2 aliphatic heterocycles. The standard InChI is InChI=1S/C21H25N3O7S2/c1-32(26,27)22-17-5-2-4-16(14-17)21(25)23-8-10-24(11-9-23)33(28,29)18-6-7-19-20(15-18)31-13-3-12-30-19/h2,4-7,14-15,22H,3,8-13H2,1H3. The van der Waals surface area contributed by atoms with Crippen LogP contribution in [0.1, 0.15) is 16.8 Å². The second-order valence-electron chi connectivity index (χ2n) is 7.81. The molecule has 0 aromatic heterocycles. The van der Waals surface area contributed by atoms with Crippen molar-refractivity contribution in [2.75, 3.05) is 50.4 Å². The predicted octanol–water partition coefficient (Wildman–Crippen LogP) is 1.37. The quantitative estimate of drug-likeness (QED) is 0.665. The van der Waals surface area contributed by atoms with Gasteiger partial charge in [0.05, 0.1) is 24.4 Å². The largest absolute Gasteiger partial charge is 0.490 e. The molecule has 0 atom stereocenters. The lowest BCUT2D eigenvalue weighted by atomic mass is 10.1. The molecule has 10 nitrogen and oxygen atoms in total. The lowest BCUT2D eigenvalue weighted by molar-refractivity contribution is 0.0698. The van der Waals surface area contributed by atoms with E-state index in [9.17, 15) is 21.6 Å². The van der Waals surface area contributed by atoms with Crippen molar-refractivity contribution in [2.45, 2.75) is 11.3 Å². The Labute approximate surface area is 193 Å². The number of carbonyl (C=O) groups excluding carboxylic acids is 1. The van der Waals surface area contributed by atoms with E-state index < -0.39 is 20.0 Å². The van der Waals surface area contributed by atoms with Crippen molar-refractivity contribution in [3.63, 3.8) is 0 Å². The van der Waals surface area contributed by atoms with Crippen LogP contribution in [0.5, 0.6) is 11.5 Å². The van der Waals surface area contributed by atoms with Gasteiger partial charge < -0.3 is 14.4 Å². The number of rotatable bonds is 5. The summed E-state index contributed by atoms with van der Waals surface area (Å²) in [7, 11) is -7.23. The van der Waals surface area contributed by atoms with Gasteiger partial charge in [-0.05, 0) is 30.3 Å². The third-order valence-corrected chi connectivity index (χ3v) is 7.80. The molecule has 1 fully saturated rings. The first-order valence-electron chi connectivity index (χ1n) is 10.4. The van der Waals surface area contributed by atoms with E-state index in [1.807, 2.05) is 0 Å². The van der Waals surface area contributed by atoms with E-state index in [1.165, 1.54) is 22.5 Å². The highest BCUT2D eigenvalue weighted by molar-refractivity contribution is 7.92. The Hall–Kier alpha value is -2.83. The maximum atomic E-state index is 13.1. The summed E-state index contributed by atoms with van der Waals surface area (Å²) in [6, 6.07) is 10.8. The van der Waals surface area contributed by atoms with E-state index in [0.29, 0.717) is 36.0 Å². The Morgan fingerprint density at radius 1 is 0.909 bits per heavy atom. The monoisotopic (exact) mass is 495 g/mol. The number of piperazine rings is 1. The molecule has 0 spiro atoms. The highest BCUT2D eigenvalue weighted by Crippen LogP contribution is 2.33. The van der Waals surface area contributed by atoms with E-state index in [2.05, 4.69) is 4.72 Å². The van der Waals surface area contributed by atoms with Gasteiger partial charge in [0.2, 0.25) is 20.0 Å². The second kappa shape index (κ2) is 9.20. The molecule has 178 valence electrons. The fourth-order valence-electron chi connectivity index (χ4n) is 3.70. The first-order valence-corrected chi connectivity index (χ1v) is 13.7. The maximum Gasteiger partial charge on any atom is 0.254 e. The number of nitrogens with one attached hydrogen (secondary N) is 1. The van der Waals surface area contributed by atoms with Gasteiger partial charge in [0, 0.05) is 49.9 Å². The Morgan fingerprint density at radius 2 is 1.61 bits per heavy atom. The van der Waals surface area contributed by atoms with Gasteiger partial charge in [-0.25, -0.2) is 16.8 Å². The van der Waals surface area contributed by atoms with Gasteiger partial charge in [-0.3, -0.25) is 9.52 Å². The number of ether oxygens (including phenoxy) is 2. The van der Waals surface area contributed by atoms with Crippen molar-refractivity contribution in [3.8, 4) is 11.5 Å². The molecule has 0 unspecified atom stereocenters. The molecule has 0 aliphatic carbocycles. The summed E-state index contributed by atoms with van der Waals surface area (Å²) in [6.07, 6.45) is 1.75. The van der Waals surface area contributed by atoms with Crippen LogP contribution < -0.4 is 14.2 Å². The Morgan fingerprint density at radius 3 is 2.30 bits per heavy atom. The van der Waals surface area contributed by atoms with Gasteiger partial charge in [-0.2, -0.15) is 4.31 Å². The third-order valence-electron chi connectivity index (χ3n) is 5.30. The summed E-state index contributed by atoms with van der Waals surface area (Å²) in [4.78, 5) is 14.6. The fraction of sp³-hybridized carbons (Fsp3) is 0.381. The van der Waals surface area contributed by atoms with Crippen LogP contribution in [0, 0.1) is 0 Å². The minimum atomic E-state index is -3.77. The smallest absolute Gasteiger partial charge is 0.254 e. The molecule has 2 aromatic rings. The van der Waals surface area contributed by atoms with Gasteiger partial charge in [-0.1, -0.05) is 6.07 Å². The summed E-state index contributed by atoms with van der Waals surface area (Å²) in [6.45, 7) is 1.69. The van der Waals surface area contributed by atoms with Gasteiger partial charge in [0.25, 0.3) is 5.91 Å². The number of anilines is 1. The second-order valence-corrected chi connectivity index (χ2v) is 11.5. The summed E-state index contributed by atoms with van der Waals surface area (Å²) in [5, 5.41) is 0. The fourth-order valence-corrected chi connectivity index (χ4v) is 5.69. The van der Waals surface area contributed by atoms with Crippen molar-refractivity contribution in [3.05, 3.63) is 48.0 Å². The molecule has 2 aliphatic rings. The average molecular weight is 496 g/mol. The van der Waals surface area contributed by atoms with E-state index in [-0.39, 0.29) is 37.0 Å². The number of sulfonamides is 2. The zero-order valence-corrected chi connectivity index (χ0v) is 19.7. The molecule has 4 rings (SSSR count). The number of hydrogen-bond acceptors (Lipinski definition) is 7. The lowest BCUT2D eigenvalue weighted by Gasteiger charge is -2.34. The summed E-state index contributed by atoms with van der Waals surface area (Å²) in [5.74, 6) is 0.638. The van der Waals surface area contributed by atoms with Crippen LogP contribution in [0.2, 0.25) is 0 Å². The number of amides is 1. The topological polar surface area (TPSA) is 122 Å². The molecule has 33 heavy (non-hydrogen) atoms. The van der Waals surface area contributed by atoms with Crippen LogP contribution in [-0.2, 0) is 20.0 Å². The van der Waals surface area contributed by atoms with E-state index in [4.69, 9.17) is 9.47 Å². The number of hydrogen-bond donors (Lipinski definition) is 1. The molecule has 12 heteroatoms. The molecule has 2 aromatic carbocycles. The molecule has 1 N–H and O–H groups in total. The van der Waals surface area contributed by atoms with Crippen LogP contribution in [0.4, 0.5) is 5.69 Å². The van der Waals surface area contributed by atoms with Gasteiger partial charge in [0.1, 0.15) is 0 Å². The molecular weight excluding hydrogens is 470 g/mol. The average Bonchev–Trinajstić information content (AvgIpc) is 3.02. The molecule has 2 heterocycles. The summed E-state index contributed by atoms with van der Waals surface area (Å²) in [5.41, 5.74) is 0.613.